The Morgan fingerprint density at radius 2 is 1.32 bits per heavy atom. The molecule has 2 rings (SSSR count). The predicted octanol–water partition coefficient (Wildman–Crippen LogP) is -0.695. The van der Waals surface area contributed by atoms with Gasteiger partial charge in [-0.1, -0.05) is 36.4 Å². The van der Waals surface area contributed by atoms with Gasteiger partial charge in [0.15, 0.2) is 0 Å². The van der Waals surface area contributed by atoms with Gasteiger partial charge >= 0.3 is 35.5 Å². The van der Waals surface area contributed by atoms with Crippen molar-refractivity contribution in [2.24, 2.45) is 0 Å². The summed E-state index contributed by atoms with van der Waals surface area (Å²) in [6.07, 6.45) is 0. The van der Waals surface area contributed by atoms with Crippen molar-refractivity contribution in [1.82, 2.24) is 5.48 Å². The number of amides is 1. The number of benzene rings is 2. The van der Waals surface area contributed by atoms with Crippen molar-refractivity contribution in [1.29, 1.82) is 0 Å². The van der Waals surface area contributed by atoms with Gasteiger partial charge in [0.05, 0.1) is 5.56 Å². The monoisotopic (exact) mass is 265 g/mol. The minimum absolute atomic E-state index is 0. The summed E-state index contributed by atoms with van der Waals surface area (Å²) in [6, 6.07) is 17.0. The third kappa shape index (κ3) is 4.52. The van der Waals surface area contributed by atoms with Crippen LogP contribution in [0, 0.1) is 0 Å². The number of carbonyl (C=O) groups is 2. The van der Waals surface area contributed by atoms with E-state index < -0.39 is 11.9 Å². The van der Waals surface area contributed by atoms with Crippen molar-refractivity contribution >= 4 is 11.9 Å². The summed E-state index contributed by atoms with van der Waals surface area (Å²) in [5.74, 6) is -1.06. The zero-order valence-corrected chi connectivity index (χ0v) is 12.5. The van der Waals surface area contributed by atoms with Gasteiger partial charge in [-0.25, -0.2) is 4.79 Å². The Hall–Kier alpha value is -1.62. The van der Waals surface area contributed by atoms with Crippen LogP contribution in [-0.4, -0.2) is 11.9 Å². The van der Waals surface area contributed by atoms with Crippen molar-refractivity contribution in [3.8, 4) is 0 Å². The Bertz CT molecular complexity index is 497. The molecule has 0 fully saturated rings. The molecule has 5 heteroatoms. The predicted molar refractivity (Wildman–Crippen MR) is 66.9 cm³/mol. The molecule has 19 heavy (non-hydrogen) atoms. The first-order chi connectivity index (χ1) is 8.77. The average molecular weight is 265 g/mol. The number of hydroxylamine groups is 1. The number of hydrogen-bond donors (Lipinski definition) is 1. The number of nitrogens with one attached hydrogen (secondary N) is 1. The number of carbonyl (C=O) groups excluding carboxylic acids is 2. The van der Waals surface area contributed by atoms with Crippen LogP contribution in [0.1, 0.15) is 22.1 Å². The van der Waals surface area contributed by atoms with Crippen LogP contribution in [-0.2, 0) is 4.84 Å². The topological polar surface area (TPSA) is 55.4 Å². The quantitative estimate of drug-likeness (QED) is 0.577. The molecule has 2 aromatic carbocycles. The summed E-state index contributed by atoms with van der Waals surface area (Å²) in [7, 11) is 0. The van der Waals surface area contributed by atoms with Gasteiger partial charge in [-0.3, -0.25) is 4.79 Å². The summed E-state index contributed by atoms with van der Waals surface area (Å²) in [5.41, 5.74) is 2.92. The summed E-state index contributed by atoms with van der Waals surface area (Å²) >= 11 is 0. The molecule has 0 aliphatic heterocycles. The summed E-state index contributed by atoms with van der Waals surface area (Å²) in [4.78, 5) is 27.8. The summed E-state index contributed by atoms with van der Waals surface area (Å²) in [5, 5.41) is 0. The van der Waals surface area contributed by atoms with Crippen molar-refractivity contribution in [3.05, 3.63) is 71.8 Å². The first-order valence-corrected chi connectivity index (χ1v) is 5.39. The molecular formula is C14H12NNaO3. The number of rotatable bonds is 2. The molecule has 0 aromatic heterocycles. The maximum Gasteiger partial charge on any atom is 1.00 e. The second-order valence-electron chi connectivity index (χ2n) is 3.55. The summed E-state index contributed by atoms with van der Waals surface area (Å²) in [6.45, 7) is 0. The fraction of sp³-hybridized carbons (Fsp3) is 0. The van der Waals surface area contributed by atoms with Crippen LogP contribution in [0.5, 0.6) is 0 Å². The van der Waals surface area contributed by atoms with Crippen molar-refractivity contribution in [2.75, 3.05) is 0 Å². The summed E-state index contributed by atoms with van der Waals surface area (Å²) < 4.78 is 0. The Labute approximate surface area is 134 Å². The Balaban J connectivity index is 0.00000180. The molecule has 0 saturated carbocycles. The molecule has 4 nitrogen and oxygen atoms in total. The van der Waals surface area contributed by atoms with Crippen LogP contribution in [0.2, 0.25) is 0 Å². The molecule has 0 unspecified atom stereocenters. The van der Waals surface area contributed by atoms with Crippen LogP contribution >= 0.6 is 0 Å². The van der Waals surface area contributed by atoms with Gasteiger partial charge in [0, 0.05) is 5.56 Å². The molecule has 0 atom stereocenters. The molecule has 0 aliphatic carbocycles. The number of hydrogen-bond acceptors (Lipinski definition) is 3. The molecule has 0 saturated heterocycles. The maximum atomic E-state index is 11.6. The fourth-order valence-corrected chi connectivity index (χ4v) is 1.37. The van der Waals surface area contributed by atoms with Crippen LogP contribution in [0.4, 0.5) is 0 Å². The van der Waals surface area contributed by atoms with Gasteiger partial charge in [-0.15, -0.1) is 0 Å². The van der Waals surface area contributed by atoms with Gasteiger partial charge in [-0.05, 0) is 24.3 Å². The van der Waals surface area contributed by atoms with Crippen LogP contribution in [0.15, 0.2) is 60.7 Å². The Morgan fingerprint density at radius 1 is 0.842 bits per heavy atom. The zero-order valence-electron chi connectivity index (χ0n) is 11.5. The second kappa shape index (κ2) is 7.74. The normalized spacial score (nSPS) is 9.05. The van der Waals surface area contributed by atoms with Crippen molar-refractivity contribution in [3.63, 3.8) is 0 Å². The largest absolute Gasteiger partial charge is 1.00 e. The molecule has 0 bridgehead atoms. The van der Waals surface area contributed by atoms with E-state index in [0.29, 0.717) is 11.1 Å². The van der Waals surface area contributed by atoms with E-state index >= 15 is 0 Å². The third-order valence-electron chi connectivity index (χ3n) is 2.28. The van der Waals surface area contributed by atoms with Gasteiger partial charge in [-0.2, -0.15) is 5.48 Å². The molecule has 1 N–H and O–H groups in total. The van der Waals surface area contributed by atoms with E-state index in [1.165, 1.54) is 0 Å². The first-order valence-electron chi connectivity index (χ1n) is 5.39. The molecule has 2 aromatic rings. The molecular weight excluding hydrogens is 253 g/mol. The molecule has 0 radical (unpaired) electrons. The second-order valence-corrected chi connectivity index (χ2v) is 3.55. The molecule has 0 spiro atoms. The molecule has 92 valence electrons. The molecule has 0 heterocycles. The SMILES string of the molecule is O=C(NOC(=O)c1ccccc1)c1ccccc1.[H-].[Na+]. The van der Waals surface area contributed by atoms with Crippen molar-refractivity contribution in [2.45, 2.75) is 0 Å². The van der Waals surface area contributed by atoms with Gasteiger partial charge < -0.3 is 6.26 Å². The van der Waals surface area contributed by atoms with Gasteiger partial charge in [0.25, 0.3) is 5.91 Å². The molecule has 1 amide bonds. The zero-order chi connectivity index (χ0) is 12.8. The third-order valence-corrected chi connectivity index (χ3v) is 2.28. The van der Waals surface area contributed by atoms with E-state index in [2.05, 4.69) is 5.48 Å². The minimum Gasteiger partial charge on any atom is -1.00 e. The average Bonchev–Trinajstić information content (AvgIpc) is 2.46. The van der Waals surface area contributed by atoms with E-state index in [4.69, 9.17) is 4.84 Å². The van der Waals surface area contributed by atoms with Gasteiger partial charge in [0.2, 0.25) is 0 Å². The van der Waals surface area contributed by atoms with Crippen LogP contribution in [0.25, 0.3) is 0 Å². The van der Waals surface area contributed by atoms with E-state index in [-0.39, 0.29) is 31.0 Å². The van der Waals surface area contributed by atoms with Gasteiger partial charge in [0.1, 0.15) is 0 Å². The first kappa shape index (κ1) is 15.4. The standard InChI is InChI=1S/C14H11NO3.Na.H/c16-13(11-7-3-1-4-8-11)15-18-14(17)12-9-5-2-6-10-12;;/h1-10H,(H,15,16);;/q;+1;-1. The van der Waals surface area contributed by atoms with Crippen LogP contribution < -0.4 is 35.0 Å². The van der Waals surface area contributed by atoms with Crippen LogP contribution in [0.3, 0.4) is 0 Å². The fourth-order valence-electron chi connectivity index (χ4n) is 1.37. The van der Waals surface area contributed by atoms with E-state index in [1.54, 1.807) is 60.7 Å². The van der Waals surface area contributed by atoms with E-state index in [9.17, 15) is 9.59 Å². The maximum absolute atomic E-state index is 11.6. The molecule has 0 aliphatic rings. The van der Waals surface area contributed by atoms with E-state index in [0.717, 1.165) is 0 Å². The smallest absolute Gasteiger partial charge is 1.00 e. The van der Waals surface area contributed by atoms with E-state index in [1.807, 2.05) is 0 Å². The minimum atomic E-state index is -0.597. The Morgan fingerprint density at radius 3 is 1.84 bits per heavy atom. The Kier molecular flexibility index (Phi) is 6.29. The van der Waals surface area contributed by atoms with Crippen molar-refractivity contribution < 1.29 is 45.4 Å².